The number of rotatable bonds is 3. The molecule has 0 saturated carbocycles. The van der Waals surface area contributed by atoms with Gasteiger partial charge in [-0.25, -0.2) is 4.39 Å². The second-order valence-corrected chi connectivity index (χ2v) is 6.20. The number of fused-ring (bicyclic) bond motifs is 1. The highest BCUT2D eigenvalue weighted by molar-refractivity contribution is 6.12. The smallest absolute Gasteiger partial charge is 0.237 e. The first-order valence-electron chi connectivity index (χ1n) is 8.35. The van der Waals surface area contributed by atoms with Crippen LogP contribution in [0.2, 0.25) is 0 Å². The lowest BCUT2D eigenvalue weighted by Crippen LogP contribution is -2.26. The van der Waals surface area contributed by atoms with Crippen LogP contribution < -0.4 is 10.2 Å². The van der Waals surface area contributed by atoms with Crippen LogP contribution >= 0.6 is 0 Å². The minimum atomic E-state index is -0.484. The van der Waals surface area contributed by atoms with Crippen molar-refractivity contribution >= 4 is 29.2 Å². The second-order valence-electron chi connectivity index (χ2n) is 6.20. The quantitative estimate of drug-likeness (QED) is 0.680. The Morgan fingerprint density at radius 1 is 1.16 bits per heavy atom. The first-order valence-corrected chi connectivity index (χ1v) is 8.35. The molecule has 1 N–H and O–H groups in total. The summed E-state index contributed by atoms with van der Waals surface area (Å²) in [4.78, 5) is 18.8. The number of anilines is 2. The third kappa shape index (κ3) is 3.18. The van der Waals surface area contributed by atoms with E-state index in [4.69, 9.17) is 0 Å². The predicted octanol–water partition coefficient (Wildman–Crippen LogP) is 4.03. The third-order valence-corrected chi connectivity index (χ3v) is 4.54. The average Bonchev–Trinajstić information content (AvgIpc) is 2.95. The third-order valence-electron chi connectivity index (χ3n) is 4.54. The van der Waals surface area contributed by atoms with Gasteiger partial charge in [0.2, 0.25) is 5.91 Å². The van der Waals surface area contributed by atoms with Gasteiger partial charge in [0.1, 0.15) is 11.7 Å². The number of halogens is 1. The maximum Gasteiger partial charge on any atom is 0.237 e. The zero-order valence-corrected chi connectivity index (χ0v) is 13.7. The number of hydrogen-bond donors (Lipinski definition) is 1. The minimum absolute atomic E-state index is 0.180. The molecule has 0 spiro atoms. The molecule has 0 aromatic heterocycles. The summed E-state index contributed by atoms with van der Waals surface area (Å²) in [5.41, 5.74) is 3.24. The Kier molecular flexibility index (Phi) is 4.06. The van der Waals surface area contributed by atoms with Crippen molar-refractivity contribution in [2.45, 2.75) is 12.3 Å². The lowest BCUT2D eigenvalue weighted by atomic mass is 10.0. The van der Waals surface area contributed by atoms with Gasteiger partial charge in [-0.2, -0.15) is 0 Å². The zero-order valence-electron chi connectivity index (χ0n) is 13.7. The van der Waals surface area contributed by atoms with Crippen LogP contribution in [0.15, 0.2) is 59.6 Å². The zero-order chi connectivity index (χ0) is 17.2. The number of nitrogens with zero attached hydrogens (tertiary/aromatic N) is 2. The number of nitrogens with one attached hydrogen (secondary N) is 1. The van der Waals surface area contributed by atoms with Crippen molar-refractivity contribution in [3.63, 3.8) is 0 Å². The topological polar surface area (TPSA) is 44.7 Å². The lowest BCUT2D eigenvalue weighted by Gasteiger charge is -2.25. The van der Waals surface area contributed by atoms with Crippen LogP contribution in [0.1, 0.15) is 17.9 Å². The molecule has 1 amide bonds. The van der Waals surface area contributed by atoms with Crippen molar-refractivity contribution in [1.82, 2.24) is 0 Å². The van der Waals surface area contributed by atoms with Crippen molar-refractivity contribution in [3.05, 3.63) is 66.0 Å². The summed E-state index contributed by atoms with van der Waals surface area (Å²) in [6.45, 7) is 1.95. The van der Waals surface area contributed by atoms with Gasteiger partial charge in [-0.05, 0) is 48.4 Å². The summed E-state index contributed by atoms with van der Waals surface area (Å²) in [5, 5.41) is 2.69. The van der Waals surface area contributed by atoms with Crippen molar-refractivity contribution in [1.29, 1.82) is 0 Å². The number of carbonyl (C=O) groups is 1. The molecule has 25 heavy (non-hydrogen) atoms. The fourth-order valence-electron chi connectivity index (χ4n) is 3.19. The summed E-state index contributed by atoms with van der Waals surface area (Å²) >= 11 is 0. The fraction of sp³-hybridized carbons (Fsp3) is 0.200. The SMILES string of the molecule is O=C1Nc2cc(F)ccc2C1C=Nc1ccc(N2CC=CCC2)cc1. The Balaban J connectivity index is 1.50. The van der Waals surface area contributed by atoms with Crippen LogP contribution in [0.3, 0.4) is 0 Å². The van der Waals surface area contributed by atoms with Gasteiger partial charge >= 0.3 is 0 Å². The Morgan fingerprint density at radius 3 is 2.76 bits per heavy atom. The number of amides is 1. The van der Waals surface area contributed by atoms with E-state index in [1.54, 1.807) is 12.3 Å². The first kappa shape index (κ1) is 15.6. The van der Waals surface area contributed by atoms with E-state index in [9.17, 15) is 9.18 Å². The molecule has 2 aromatic rings. The summed E-state index contributed by atoms with van der Waals surface area (Å²) in [7, 11) is 0. The normalized spacial score (nSPS) is 19.3. The molecule has 4 rings (SSSR count). The van der Waals surface area contributed by atoms with Gasteiger partial charge in [0.25, 0.3) is 0 Å². The monoisotopic (exact) mass is 335 g/mol. The van der Waals surface area contributed by atoms with Crippen LogP contribution in [-0.2, 0) is 4.79 Å². The van der Waals surface area contributed by atoms with E-state index in [0.29, 0.717) is 5.69 Å². The number of benzene rings is 2. The van der Waals surface area contributed by atoms with E-state index in [-0.39, 0.29) is 11.7 Å². The molecule has 0 fully saturated rings. The highest BCUT2D eigenvalue weighted by atomic mass is 19.1. The van der Waals surface area contributed by atoms with Crippen LogP contribution in [0.25, 0.3) is 0 Å². The van der Waals surface area contributed by atoms with E-state index in [1.165, 1.54) is 17.8 Å². The molecule has 4 nitrogen and oxygen atoms in total. The van der Waals surface area contributed by atoms with E-state index in [0.717, 1.165) is 30.8 Å². The Morgan fingerprint density at radius 2 is 2.00 bits per heavy atom. The van der Waals surface area contributed by atoms with Crippen LogP contribution in [0, 0.1) is 5.82 Å². The molecule has 0 aliphatic carbocycles. The highest BCUT2D eigenvalue weighted by Gasteiger charge is 2.29. The van der Waals surface area contributed by atoms with Gasteiger partial charge < -0.3 is 10.2 Å². The maximum atomic E-state index is 13.3. The molecule has 126 valence electrons. The van der Waals surface area contributed by atoms with Crippen LogP contribution in [0.5, 0.6) is 0 Å². The van der Waals surface area contributed by atoms with Crippen molar-refractivity contribution in [2.24, 2.45) is 4.99 Å². The van der Waals surface area contributed by atoms with Crippen LogP contribution in [-0.4, -0.2) is 25.2 Å². The van der Waals surface area contributed by atoms with Gasteiger partial charge in [0.15, 0.2) is 0 Å². The average molecular weight is 335 g/mol. The summed E-state index contributed by atoms with van der Waals surface area (Å²) in [6, 6.07) is 12.3. The molecule has 2 heterocycles. The van der Waals surface area contributed by atoms with Gasteiger partial charge in [-0.1, -0.05) is 18.2 Å². The largest absolute Gasteiger partial charge is 0.367 e. The molecule has 0 radical (unpaired) electrons. The Hall–Kier alpha value is -2.95. The molecule has 2 aromatic carbocycles. The standard InChI is InChI=1S/C20H18FN3O/c21-14-4-9-17-18(20(25)23-19(17)12-14)13-22-15-5-7-16(8-6-15)24-10-2-1-3-11-24/h1-2,4-9,12-13,18H,3,10-11H2,(H,23,25). The van der Waals surface area contributed by atoms with E-state index in [2.05, 4.69) is 27.4 Å². The van der Waals surface area contributed by atoms with Crippen molar-refractivity contribution in [3.8, 4) is 0 Å². The molecule has 2 aliphatic rings. The lowest BCUT2D eigenvalue weighted by molar-refractivity contribution is -0.115. The highest BCUT2D eigenvalue weighted by Crippen LogP contribution is 2.32. The number of hydrogen-bond acceptors (Lipinski definition) is 3. The first-order chi connectivity index (χ1) is 12.2. The molecular weight excluding hydrogens is 317 g/mol. The Labute approximate surface area is 145 Å². The van der Waals surface area contributed by atoms with Gasteiger partial charge in [-0.15, -0.1) is 0 Å². The van der Waals surface area contributed by atoms with E-state index in [1.807, 2.05) is 24.3 Å². The second kappa shape index (κ2) is 6.51. The van der Waals surface area contributed by atoms with Crippen molar-refractivity contribution < 1.29 is 9.18 Å². The van der Waals surface area contributed by atoms with E-state index < -0.39 is 5.92 Å². The molecule has 2 aliphatic heterocycles. The maximum absolute atomic E-state index is 13.3. The molecule has 5 heteroatoms. The fourth-order valence-corrected chi connectivity index (χ4v) is 3.19. The predicted molar refractivity (Wildman–Crippen MR) is 98.3 cm³/mol. The van der Waals surface area contributed by atoms with Gasteiger partial charge in [-0.3, -0.25) is 9.79 Å². The van der Waals surface area contributed by atoms with Crippen LogP contribution in [0.4, 0.5) is 21.5 Å². The van der Waals surface area contributed by atoms with Gasteiger partial charge in [0, 0.05) is 30.7 Å². The molecule has 1 unspecified atom stereocenters. The Bertz CT molecular complexity index is 858. The van der Waals surface area contributed by atoms with E-state index >= 15 is 0 Å². The van der Waals surface area contributed by atoms with Gasteiger partial charge in [0.05, 0.1) is 5.69 Å². The summed E-state index contributed by atoms with van der Waals surface area (Å²) in [6.07, 6.45) is 7.06. The summed E-state index contributed by atoms with van der Waals surface area (Å²) < 4.78 is 13.3. The molecule has 0 bridgehead atoms. The molecule has 1 atom stereocenters. The summed E-state index contributed by atoms with van der Waals surface area (Å²) in [5.74, 6) is -1.02. The molecular formula is C20H18FN3O. The van der Waals surface area contributed by atoms with Crippen molar-refractivity contribution in [2.75, 3.05) is 23.3 Å². The minimum Gasteiger partial charge on any atom is -0.367 e. The number of carbonyl (C=O) groups excluding carboxylic acids is 1. The number of aliphatic imine (C=N–C) groups is 1. The molecule has 0 saturated heterocycles.